The fraction of sp³-hybridized carbons (Fsp3) is 0.450. The van der Waals surface area contributed by atoms with E-state index in [0.29, 0.717) is 0 Å². The molecule has 0 bridgehead atoms. The third-order valence-corrected chi connectivity index (χ3v) is 6.84. The summed E-state index contributed by atoms with van der Waals surface area (Å²) in [6.07, 6.45) is 0. The van der Waals surface area contributed by atoms with Crippen LogP contribution in [0.2, 0.25) is 0 Å². The van der Waals surface area contributed by atoms with E-state index in [-0.39, 0.29) is 25.7 Å². The molecule has 0 aromatic heterocycles. The molecule has 26 heavy (non-hydrogen) atoms. The van der Waals surface area contributed by atoms with E-state index in [4.69, 9.17) is 13.8 Å². The van der Waals surface area contributed by atoms with Crippen molar-refractivity contribution >= 4 is 24.3 Å². The molecule has 0 spiro atoms. The maximum atomic E-state index is 13.4. The number of hydrogen-bond acceptors (Lipinski definition) is 5. The topological polar surface area (TPSA) is 61.8 Å². The molecule has 0 amide bonds. The lowest BCUT2D eigenvalue weighted by atomic mass is 9.95. The Morgan fingerprint density at radius 1 is 0.962 bits per heavy atom. The summed E-state index contributed by atoms with van der Waals surface area (Å²) in [5.41, 5.74) is -0.120. The van der Waals surface area contributed by atoms with E-state index in [1.54, 1.807) is 20.8 Å². The molecular formula is C20H27O5P. The highest BCUT2D eigenvalue weighted by Crippen LogP contribution is 2.57. The fourth-order valence-corrected chi connectivity index (χ4v) is 5.23. The number of esters is 1. The van der Waals surface area contributed by atoms with Crippen molar-refractivity contribution in [3.8, 4) is 0 Å². The summed E-state index contributed by atoms with van der Waals surface area (Å²) in [6.45, 7) is 7.63. The van der Waals surface area contributed by atoms with Gasteiger partial charge < -0.3 is 13.8 Å². The zero-order chi connectivity index (χ0) is 19.2. The van der Waals surface area contributed by atoms with Crippen LogP contribution in [0, 0.1) is 0 Å². The van der Waals surface area contributed by atoms with Gasteiger partial charge in [0.25, 0.3) is 0 Å². The molecule has 0 aliphatic carbocycles. The highest BCUT2D eigenvalue weighted by Gasteiger charge is 2.46. The quantitative estimate of drug-likeness (QED) is 0.446. The smallest absolute Gasteiger partial charge is 0.345 e. The second-order valence-corrected chi connectivity index (χ2v) is 8.12. The first-order valence-corrected chi connectivity index (χ1v) is 10.6. The predicted octanol–water partition coefficient (Wildman–Crippen LogP) is 5.14. The first-order chi connectivity index (χ1) is 12.5. The second kappa shape index (κ2) is 9.31. The average molecular weight is 378 g/mol. The molecule has 0 aliphatic heterocycles. The molecule has 2 aromatic carbocycles. The van der Waals surface area contributed by atoms with Crippen LogP contribution in [0.1, 0.15) is 39.2 Å². The normalized spacial score (nSPS) is 14.2. The second-order valence-electron chi connectivity index (χ2n) is 5.97. The largest absolute Gasteiger partial charge is 0.465 e. The maximum absolute atomic E-state index is 13.4. The number of rotatable bonds is 9. The lowest BCUT2D eigenvalue weighted by molar-refractivity contribution is -0.143. The highest BCUT2D eigenvalue weighted by molar-refractivity contribution is 7.55. The molecule has 2 rings (SSSR count). The van der Waals surface area contributed by atoms with Gasteiger partial charge in [0.05, 0.1) is 19.8 Å². The van der Waals surface area contributed by atoms with Crippen LogP contribution in [-0.2, 0) is 23.1 Å². The molecule has 0 N–H and O–H groups in total. The Morgan fingerprint density at radius 3 is 2.15 bits per heavy atom. The zero-order valence-electron chi connectivity index (χ0n) is 15.8. The van der Waals surface area contributed by atoms with Crippen molar-refractivity contribution in [2.75, 3.05) is 19.8 Å². The number of carbonyl (C=O) groups is 1. The minimum atomic E-state index is -3.67. The average Bonchev–Trinajstić information content (AvgIpc) is 2.62. The van der Waals surface area contributed by atoms with E-state index in [2.05, 4.69) is 0 Å². The Balaban J connectivity index is 2.47. The van der Waals surface area contributed by atoms with Gasteiger partial charge in [-0.2, -0.15) is 0 Å². The van der Waals surface area contributed by atoms with Gasteiger partial charge in [-0.05, 0) is 37.1 Å². The molecule has 0 unspecified atom stereocenters. The maximum Gasteiger partial charge on any atom is 0.345 e. The monoisotopic (exact) mass is 378 g/mol. The van der Waals surface area contributed by atoms with Crippen LogP contribution in [0.25, 0.3) is 10.8 Å². The Labute approximate surface area is 155 Å². The summed E-state index contributed by atoms with van der Waals surface area (Å²) in [6, 6.07) is 13.9. The summed E-state index contributed by atoms with van der Waals surface area (Å²) in [5.74, 6) is -0.944. The SMILES string of the molecule is CCOC(=O)[C@H]([C@H](C)c1ccc2ccccc2c1)P(=O)(OCC)OCC. The van der Waals surface area contributed by atoms with Crippen molar-refractivity contribution in [1.82, 2.24) is 0 Å². The summed E-state index contributed by atoms with van der Waals surface area (Å²) >= 11 is 0. The van der Waals surface area contributed by atoms with Gasteiger partial charge in [0.15, 0.2) is 5.66 Å². The van der Waals surface area contributed by atoms with Gasteiger partial charge in [-0.25, -0.2) is 0 Å². The molecule has 142 valence electrons. The fourth-order valence-electron chi connectivity index (χ4n) is 3.07. The molecule has 0 aliphatic rings. The summed E-state index contributed by atoms with van der Waals surface area (Å²) in [5, 5.41) is 2.16. The minimum absolute atomic E-state index is 0.192. The van der Waals surface area contributed by atoms with Gasteiger partial charge in [0.1, 0.15) is 0 Å². The minimum Gasteiger partial charge on any atom is -0.465 e. The van der Waals surface area contributed by atoms with E-state index in [1.807, 2.05) is 49.4 Å². The van der Waals surface area contributed by atoms with Crippen LogP contribution >= 0.6 is 7.60 Å². The van der Waals surface area contributed by atoms with Crippen molar-refractivity contribution in [1.29, 1.82) is 0 Å². The third-order valence-electron chi connectivity index (χ3n) is 4.26. The Bertz CT molecular complexity index is 779. The van der Waals surface area contributed by atoms with E-state index in [1.165, 1.54) is 0 Å². The number of fused-ring (bicyclic) bond motifs is 1. The lowest BCUT2D eigenvalue weighted by Gasteiger charge is -2.29. The van der Waals surface area contributed by atoms with Crippen LogP contribution in [0.4, 0.5) is 0 Å². The first kappa shape index (κ1) is 20.6. The van der Waals surface area contributed by atoms with E-state index < -0.39 is 19.2 Å². The van der Waals surface area contributed by atoms with Crippen LogP contribution in [0.3, 0.4) is 0 Å². The Kier molecular flexibility index (Phi) is 7.39. The highest BCUT2D eigenvalue weighted by atomic mass is 31.2. The number of benzene rings is 2. The molecule has 2 aromatic rings. The van der Waals surface area contributed by atoms with Gasteiger partial charge >= 0.3 is 13.6 Å². The van der Waals surface area contributed by atoms with E-state index in [0.717, 1.165) is 16.3 Å². The predicted molar refractivity (Wildman–Crippen MR) is 104 cm³/mol. The van der Waals surface area contributed by atoms with Crippen LogP contribution < -0.4 is 0 Å². The van der Waals surface area contributed by atoms with Crippen molar-refractivity contribution in [3.63, 3.8) is 0 Å². The Hall–Kier alpha value is -1.68. The molecule has 0 saturated heterocycles. The zero-order valence-corrected chi connectivity index (χ0v) is 16.7. The van der Waals surface area contributed by atoms with Gasteiger partial charge in [-0.1, -0.05) is 49.4 Å². The molecule has 0 fully saturated rings. The Morgan fingerprint density at radius 2 is 1.58 bits per heavy atom. The molecule has 6 heteroatoms. The molecule has 2 atom stereocenters. The van der Waals surface area contributed by atoms with Gasteiger partial charge in [0, 0.05) is 5.92 Å². The standard InChI is InChI=1S/C20H27O5P/c1-5-23-20(21)19(26(22,24-6-2)25-7-3)15(4)17-13-12-16-10-8-9-11-18(16)14-17/h8-15,19H,5-7H2,1-4H3/t15-,19+/m1/s1. The summed E-state index contributed by atoms with van der Waals surface area (Å²) in [4.78, 5) is 12.7. The van der Waals surface area contributed by atoms with E-state index in [9.17, 15) is 9.36 Å². The van der Waals surface area contributed by atoms with Gasteiger partial charge in [-0.3, -0.25) is 9.36 Å². The first-order valence-electron chi connectivity index (χ1n) is 9.00. The van der Waals surface area contributed by atoms with Crippen molar-refractivity contribution in [2.24, 2.45) is 0 Å². The molecule has 0 radical (unpaired) electrons. The molecule has 0 heterocycles. The van der Waals surface area contributed by atoms with E-state index >= 15 is 0 Å². The molecule has 5 nitrogen and oxygen atoms in total. The van der Waals surface area contributed by atoms with Crippen molar-refractivity contribution in [3.05, 3.63) is 48.0 Å². The summed E-state index contributed by atoms with van der Waals surface area (Å²) < 4.78 is 29.5. The molecular weight excluding hydrogens is 351 g/mol. The number of carbonyl (C=O) groups excluding carboxylic acids is 1. The van der Waals surface area contributed by atoms with Gasteiger partial charge in [0.2, 0.25) is 0 Å². The van der Waals surface area contributed by atoms with Crippen LogP contribution in [0.15, 0.2) is 42.5 Å². The van der Waals surface area contributed by atoms with Crippen molar-refractivity contribution < 1.29 is 23.1 Å². The third kappa shape index (κ3) is 4.53. The lowest BCUT2D eigenvalue weighted by Crippen LogP contribution is -2.31. The van der Waals surface area contributed by atoms with Crippen LogP contribution in [-0.4, -0.2) is 31.4 Å². The van der Waals surface area contributed by atoms with Gasteiger partial charge in [-0.15, -0.1) is 0 Å². The van der Waals surface area contributed by atoms with Crippen LogP contribution in [0.5, 0.6) is 0 Å². The number of ether oxygens (including phenoxy) is 1. The summed E-state index contributed by atoms with van der Waals surface area (Å²) in [7, 11) is -3.67. The number of hydrogen-bond donors (Lipinski definition) is 0. The van der Waals surface area contributed by atoms with Crippen molar-refractivity contribution in [2.45, 2.75) is 39.3 Å². The molecule has 0 saturated carbocycles.